The van der Waals surface area contributed by atoms with Crippen LogP contribution in [0.2, 0.25) is 0 Å². The van der Waals surface area contributed by atoms with Crippen LogP contribution in [-0.2, 0) is 22.6 Å². The van der Waals surface area contributed by atoms with Gasteiger partial charge in [0.1, 0.15) is 0 Å². The largest absolute Gasteiger partial charge is 0.387 e. The van der Waals surface area contributed by atoms with Crippen molar-refractivity contribution < 1.29 is 14.6 Å². The molecule has 1 aromatic rings. The van der Waals surface area contributed by atoms with Crippen molar-refractivity contribution in [2.45, 2.75) is 59.0 Å². The Labute approximate surface area is 181 Å². The Bertz CT molecular complexity index is 665. The number of benzene rings is 1. The summed E-state index contributed by atoms with van der Waals surface area (Å²) >= 11 is 0. The fourth-order valence-corrected chi connectivity index (χ4v) is 3.20. The number of aliphatic hydroxyl groups is 1. The van der Waals surface area contributed by atoms with E-state index in [4.69, 9.17) is 14.5 Å². The van der Waals surface area contributed by atoms with Gasteiger partial charge in [0.15, 0.2) is 5.96 Å². The lowest BCUT2D eigenvalue weighted by Gasteiger charge is -2.34. The molecule has 1 unspecified atom stereocenters. The molecule has 7 nitrogen and oxygen atoms in total. The van der Waals surface area contributed by atoms with Gasteiger partial charge in [-0.1, -0.05) is 24.3 Å². The Morgan fingerprint density at radius 1 is 1.17 bits per heavy atom. The maximum Gasteiger partial charge on any atom is 0.191 e. The SMILES string of the molecule is CCNC(=NCc1cccc(COC(C)(C)C)c1)NCC(C)(O)CN1CCOCC1. The monoisotopic (exact) mass is 420 g/mol. The zero-order valence-corrected chi connectivity index (χ0v) is 19.3. The molecule has 1 atom stereocenters. The first kappa shape index (κ1) is 24.6. The number of β-amino-alcohol motifs (C(OH)–C–C–N with tert-alkyl or cyclic N) is 1. The molecule has 1 aliphatic heterocycles. The first-order valence-corrected chi connectivity index (χ1v) is 10.9. The highest BCUT2D eigenvalue weighted by Gasteiger charge is 2.25. The predicted octanol–water partition coefficient (Wildman–Crippen LogP) is 2.14. The lowest BCUT2D eigenvalue weighted by molar-refractivity contribution is -0.0201. The van der Waals surface area contributed by atoms with E-state index in [0.29, 0.717) is 32.2 Å². The first-order valence-electron chi connectivity index (χ1n) is 10.9. The molecule has 170 valence electrons. The summed E-state index contributed by atoms with van der Waals surface area (Å²) < 4.78 is 11.3. The molecule has 0 saturated carbocycles. The van der Waals surface area contributed by atoms with E-state index in [2.05, 4.69) is 54.5 Å². The van der Waals surface area contributed by atoms with Gasteiger partial charge in [0.25, 0.3) is 0 Å². The molecule has 1 aromatic carbocycles. The van der Waals surface area contributed by atoms with Crippen LogP contribution in [0.1, 0.15) is 45.7 Å². The average molecular weight is 421 g/mol. The van der Waals surface area contributed by atoms with Crippen molar-refractivity contribution in [3.05, 3.63) is 35.4 Å². The minimum Gasteiger partial charge on any atom is -0.387 e. The van der Waals surface area contributed by atoms with Crippen molar-refractivity contribution in [1.82, 2.24) is 15.5 Å². The van der Waals surface area contributed by atoms with Crippen molar-refractivity contribution in [3.63, 3.8) is 0 Å². The summed E-state index contributed by atoms with van der Waals surface area (Å²) in [6.45, 7) is 16.2. The highest BCUT2D eigenvalue weighted by atomic mass is 16.5. The van der Waals surface area contributed by atoms with E-state index < -0.39 is 5.60 Å². The number of aliphatic imine (C=N–C) groups is 1. The van der Waals surface area contributed by atoms with Crippen LogP contribution >= 0.6 is 0 Å². The Kier molecular flexibility index (Phi) is 9.55. The highest BCUT2D eigenvalue weighted by molar-refractivity contribution is 5.79. The van der Waals surface area contributed by atoms with Gasteiger partial charge in [-0.2, -0.15) is 0 Å². The summed E-state index contributed by atoms with van der Waals surface area (Å²) in [5.41, 5.74) is 1.26. The molecular weight excluding hydrogens is 380 g/mol. The molecule has 0 aromatic heterocycles. The Morgan fingerprint density at radius 2 is 1.87 bits per heavy atom. The summed E-state index contributed by atoms with van der Waals surface area (Å²) in [5, 5.41) is 17.3. The van der Waals surface area contributed by atoms with Gasteiger partial charge < -0.3 is 25.2 Å². The van der Waals surface area contributed by atoms with E-state index in [0.717, 1.165) is 44.0 Å². The summed E-state index contributed by atoms with van der Waals surface area (Å²) in [6.07, 6.45) is 0. The molecule has 30 heavy (non-hydrogen) atoms. The van der Waals surface area contributed by atoms with Gasteiger partial charge in [-0.15, -0.1) is 0 Å². The van der Waals surface area contributed by atoms with Crippen LogP contribution in [0.5, 0.6) is 0 Å². The van der Waals surface area contributed by atoms with Crippen LogP contribution in [0.4, 0.5) is 0 Å². The van der Waals surface area contributed by atoms with Crippen molar-refractivity contribution in [3.8, 4) is 0 Å². The van der Waals surface area contributed by atoms with E-state index in [1.165, 1.54) is 0 Å². The average Bonchev–Trinajstić information content (AvgIpc) is 2.69. The second-order valence-corrected chi connectivity index (χ2v) is 9.16. The van der Waals surface area contributed by atoms with Crippen LogP contribution in [0, 0.1) is 0 Å². The zero-order chi connectivity index (χ0) is 22.0. The number of guanidine groups is 1. The van der Waals surface area contributed by atoms with Gasteiger partial charge in [0.2, 0.25) is 0 Å². The molecule has 0 bridgehead atoms. The van der Waals surface area contributed by atoms with E-state index >= 15 is 0 Å². The van der Waals surface area contributed by atoms with Crippen LogP contribution in [0.3, 0.4) is 0 Å². The van der Waals surface area contributed by atoms with Gasteiger partial charge >= 0.3 is 0 Å². The van der Waals surface area contributed by atoms with Gasteiger partial charge in [-0.25, -0.2) is 4.99 Å². The van der Waals surface area contributed by atoms with Crippen LogP contribution < -0.4 is 10.6 Å². The summed E-state index contributed by atoms with van der Waals surface area (Å²) in [7, 11) is 0. The molecule has 0 radical (unpaired) electrons. The number of hydrogen-bond acceptors (Lipinski definition) is 5. The Balaban J connectivity index is 1.90. The second kappa shape index (κ2) is 11.6. The number of morpholine rings is 1. The minimum absolute atomic E-state index is 0.158. The molecule has 3 N–H and O–H groups in total. The molecule has 1 fully saturated rings. The Morgan fingerprint density at radius 3 is 2.53 bits per heavy atom. The zero-order valence-electron chi connectivity index (χ0n) is 19.3. The van der Waals surface area contributed by atoms with Crippen molar-refractivity contribution >= 4 is 5.96 Å². The topological polar surface area (TPSA) is 78.4 Å². The molecular formula is C23H40N4O3. The molecule has 0 aliphatic carbocycles. The highest BCUT2D eigenvalue weighted by Crippen LogP contribution is 2.14. The van der Waals surface area contributed by atoms with E-state index in [-0.39, 0.29) is 5.60 Å². The molecule has 1 aliphatic rings. The van der Waals surface area contributed by atoms with Crippen LogP contribution in [-0.4, -0.2) is 73.1 Å². The maximum absolute atomic E-state index is 10.8. The molecule has 7 heteroatoms. The predicted molar refractivity (Wildman–Crippen MR) is 122 cm³/mol. The summed E-state index contributed by atoms with van der Waals surface area (Å²) in [6, 6.07) is 8.32. The second-order valence-electron chi connectivity index (χ2n) is 9.16. The fraction of sp³-hybridized carbons (Fsp3) is 0.696. The van der Waals surface area contributed by atoms with Crippen molar-refractivity contribution in [1.29, 1.82) is 0 Å². The molecule has 1 saturated heterocycles. The molecule has 1 heterocycles. The number of hydrogen-bond donors (Lipinski definition) is 3. The molecule has 0 amide bonds. The normalized spacial score (nSPS) is 18.1. The lowest BCUT2D eigenvalue weighted by Crippen LogP contribution is -2.52. The third-order valence-corrected chi connectivity index (χ3v) is 4.73. The maximum atomic E-state index is 10.8. The number of nitrogens with one attached hydrogen (secondary N) is 2. The van der Waals surface area contributed by atoms with Gasteiger partial charge in [0, 0.05) is 32.7 Å². The van der Waals surface area contributed by atoms with E-state index in [1.54, 1.807) is 0 Å². The standard InChI is InChI=1S/C23H40N4O3/c1-6-24-21(26-17-23(5,28)18-27-10-12-29-13-11-27)25-15-19-8-7-9-20(14-19)16-30-22(2,3)4/h7-9,14,28H,6,10-13,15-18H2,1-5H3,(H2,24,25,26). The third-order valence-electron chi connectivity index (χ3n) is 4.73. The first-order chi connectivity index (χ1) is 14.2. The summed E-state index contributed by atoms with van der Waals surface area (Å²) in [5.74, 6) is 0.705. The third kappa shape index (κ3) is 9.89. The number of nitrogens with zero attached hydrogens (tertiary/aromatic N) is 2. The van der Waals surface area contributed by atoms with E-state index in [9.17, 15) is 5.11 Å². The van der Waals surface area contributed by atoms with Gasteiger partial charge in [0.05, 0.1) is 37.6 Å². The van der Waals surface area contributed by atoms with Gasteiger partial charge in [-0.3, -0.25) is 4.90 Å². The molecule has 0 spiro atoms. The minimum atomic E-state index is -0.849. The summed E-state index contributed by atoms with van der Waals surface area (Å²) in [4.78, 5) is 6.93. The fourth-order valence-electron chi connectivity index (χ4n) is 3.20. The van der Waals surface area contributed by atoms with Gasteiger partial charge in [-0.05, 0) is 45.7 Å². The van der Waals surface area contributed by atoms with E-state index in [1.807, 2.05) is 19.9 Å². The van der Waals surface area contributed by atoms with Crippen molar-refractivity contribution in [2.24, 2.45) is 4.99 Å². The Hall–Kier alpha value is -1.67. The van der Waals surface area contributed by atoms with Crippen molar-refractivity contribution in [2.75, 3.05) is 45.9 Å². The quantitative estimate of drug-likeness (QED) is 0.420. The number of ether oxygens (including phenoxy) is 2. The lowest BCUT2D eigenvalue weighted by atomic mass is 10.1. The molecule has 2 rings (SSSR count). The smallest absolute Gasteiger partial charge is 0.191 e. The number of rotatable bonds is 9. The van der Waals surface area contributed by atoms with Crippen LogP contribution in [0.15, 0.2) is 29.3 Å². The van der Waals surface area contributed by atoms with Crippen LogP contribution in [0.25, 0.3) is 0 Å².